The molecule has 2 heterocycles. The Balaban J connectivity index is 1.30. The van der Waals surface area contributed by atoms with Crippen molar-refractivity contribution in [1.82, 2.24) is 15.5 Å². The average molecular weight is 380 g/mol. The smallest absolute Gasteiger partial charge is 0.318 e. The molecule has 3 aromatic rings. The minimum atomic E-state index is -0.303. The predicted molar refractivity (Wildman–Crippen MR) is 103 cm³/mol. The van der Waals surface area contributed by atoms with Crippen molar-refractivity contribution in [1.29, 1.82) is 0 Å². The largest absolute Gasteiger partial charge is 0.403 e. The molecule has 7 heteroatoms. The lowest BCUT2D eigenvalue weighted by atomic mass is 9.96. The molecule has 0 bridgehead atoms. The van der Waals surface area contributed by atoms with Gasteiger partial charge in [0, 0.05) is 36.7 Å². The number of anilines is 1. The molecule has 0 radical (unpaired) electrons. The summed E-state index contributed by atoms with van der Waals surface area (Å²) in [6.45, 7) is 1.53. The van der Waals surface area contributed by atoms with Gasteiger partial charge < -0.3 is 14.6 Å². The van der Waals surface area contributed by atoms with Crippen LogP contribution in [0, 0.1) is 11.7 Å². The third-order valence-corrected chi connectivity index (χ3v) is 4.98. The summed E-state index contributed by atoms with van der Waals surface area (Å²) in [4.78, 5) is 14.4. The number of hydrogen-bond donors (Lipinski definition) is 1. The molecule has 1 aliphatic heterocycles. The van der Waals surface area contributed by atoms with Crippen LogP contribution in [0.5, 0.6) is 0 Å². The van der Waals surface area contributed by atoms with Crippen molar-refractivity contribution in [3.8, 4) is 11.5 Å². The van der Waals surface area contributed by atoms with E-state index in [2.05, 4.69) is 15.5 Å². The van der Waals surface area contributed by atoms with Crippen LogP contribution in [-0.4, -0.2) is 29.2 Å². The number of aromatic nitrogens is 2. The van der Waals surface area contributed by atoms with E-state index in [9.17, 15) is 9.18 Å². The molecule has 6 nitrogen and oxygen atoms in total. The first-order valence-corrected chi connectivity index (χ1v) is 9.35. The molecule has 1 saturated heterocycles. The average Bonchev–Trinajstić information content (AvgIpc) is 3.24. The molecular formula is C21H21FN4O2. The Morgan fingerprint density at radius 3 is 2.54 bits per heavy atom. The molecule has 0 aliphatic carbocycles. The summed E-state index contributed by atoms with van der Waals surface area (Å²) in [5.41, 5.74) is 1.37. The minimum Gasteiger partial charge on any atom is -0.403 e. The van der Waals surface area contributed by atoms with E-state index in [1.54, 1.807) is 18.2 Å². The standard InChI is InChI=1S/C21H21FN4O2/c22-18-9-5-4-8-17(18)14-23-19(27)15-10-12-26(13-11-15)21-25-24-20(28-21)16-6-2-1-3-7-16/h1-9,15H,10-14H2,(H,23,27). The van der Waals surface area contributed by atoms with Crippen LogP contribution < -0.4 is 10.2 Å². The van der Waals surface area contributed by atoms with Crippen LogP contribution >= 0.6 is 0 Å². The van der Waals surface area contributed by atoms with Gasteiger partial charge in [0.15, 0.2) is 0 Å². The molecule has 1 N–H and O–H groups in total. The summed E-state index contributed by atoms with van der Waals surface area (Å²) in [6, 6.07) is 16.6. The van der Waals surface area contributed by atoms with E-state index >= 15 is 0 Å². The molecule has 1 aromatic heterocycles. The monoisotopic (exact) mass is 380 g/mol. The number of nitrogens with one attached hydrogen (secondary N) is 1. The molecule has 0 spiro atoms. The molecule has 0 saturated carbocycles. The Hall–Kier alpha value is -3.22. The molecular weight excluding hydrogens is 359 g/mol. The molecule has 2 aromatic carbocycles. The maximum atomic E-state index is 13.7. The van der Waals surface area contributed by atoms with Gasteiger partial charge in [-0.3, -0.25) is 4.79 Å². The van der Waals surface area contributed by atoms with Crippen LogP contribution in [0.1, 0.15) is 18.4 Å². The van der Waals surface area contributed by atoms with E-state index in [0.717, 1.165) is 5.56 Å². The summed E-state index contributed by atoms with van der Waals surface area (Å²) in [6.07, 6.45) is 1.37. The van der Waals surface area contributed by atoms with Gasteiger partial charge in [0.25, 0.3) is 0 Å². The summed E-state index contributed by atoms with van der Waals surface area (Å²) in [5, 5.41) is 11.1. The van der Waals surface area contributed by atoms with Gasteiger partial charge in [-0.1, -0.05) is 41.5 Å². The second-order valence-electron chi connectivity index (χ2n) is 6.83. The Labute approximate surface area is 162 Å². The summed E-state index contributed by atoms with van der Waals surface area (Å²) >= 11 is 0. The highest BCUT2D eigenvalue weighted by molar-refractivity contribution is 5.78. The Bertz CT molecular complexity index is 936. The van der Waals surface area contributed by atoms with Crippen molar-refractivity contribution in [3.63, 3.8) is 0 Å². The minimum absolute atomic E-state index is 0.0431. The Kier molecular flexibility index (Phi) is 5.32. The van der Waals surface area contributed by atoms with Crippen molar-refractivity contribution in [2.45, 2.75) is 19.4 Å². The van der Waals surface area contributed by atoms with Crippen molar-refractivity contribution < 1.29 is 13.6 Å². The van der Waals surface area contributed by atoms with Crippen molar-refractivity contribution in [3.05, 3.63) is 66.0 Å². The van der Waals surface area contributed by atoms with Crippen molar-refractivity contribution >= 4 is 11.9 Å². The second-order valence-corrected chi connectivity index (χ2v) is 6.83. The lowest BCUT2D eigenvalue weighted by Gasteiger charge is -2.29. The zero-order chi connectivity index (χ0) is 19.3. The number of carbonyl (C=O) groups is 1. The van der Waals surface area contributed by atoms with Crippen molar-refractivity contribution in [2.24, 2.45) is 5.92 Å². The Morgan fingerprint density at radius 1 is 1.07 bits per heavy atom. The number of benzene rings is 2. The van der Waals surface area contributed by atoms with Crippen LogP contribution in [0.4, 0.5) is 10.4 Å². The zero-order valence-corrected chi connectivity index (χ0v) is 15.3. The van der Waals surface area contributed by atoms with Crippen LogP contribution in [0.25, 0.3) is 11.5 Å². The third-order valence-electron chi connectivity index (χ3n) is 4.98. The maximum Gasteiger partial charge on any atom is 0.318 e. The first-order chi connectivity index (χ1) is 13.7. The number of hydrogen-bond acceptors (Lipinski definition) is 5. The van der Waals surface area contributed by atoms with Gasteiger partial charge in [0.1, 0.15) is 5.82 Å². The van der Waals surface area contributed by atoms with Crippen LogP contribution in [0.15, 0.2) is 59.0 Å². The number of rotatable bonds is 5. The van der Waals surface area contributed by atoms with Gasteiger partial charge in [-0.2, -0.15) is 0 Å². The van der Waals surface area contributed by atoms with E-state index in [1.807, 2.05) is 35.2 Å². The number of carbonyl (C=O) groups excluding carboxylic acids is 1. The fourth-order valence-electron chi connectivity index (χ4n) is 3.34. The summed E-state index contributed by atoms with van der Waals surface area (Å²) < 4.78 is 19.4. The molecule has 1 fully saturated rings. The lowest BCUT2D eigenvalue weighted by molar-refractivity contribution is -0.125. The van der Waals surface area contributed by atoms with Crippen molar-refractivity contribution in [2.75, 3.05) is 18.0 Å². The van der Waals surface area contributed by atoms with E-state index in [1.165, 1.54) is 6.07 Å². The van der Waals surface area contributed by atoms with Gasteiger partial charge in [-0.15, -0.1) is 5.10 Å². The van der Waals surface area contributed by atoms with Crippen LogP contribution in [0.3, 0.4) is 0 Å². The maximum absolute atomic E-state index is 13.7. The molecule has 144 valence electrons. The fourth-order valence-corrected chi connectivity index (χ4v) is 3.34. The molecule has 1 amide bonds. The second kappa shape index (κ2) is 8.21. The molecule has 4 rings (SSSR count). The SMILES string of the molecule is O=C(NCc1ccccc1F)C1CCN(c2nnc(-c3ccccc3)o2)CC1. The van der Waals surface area contributed by atoms with Gasteiger partial charge in [0.05, 0.1) is 0 Å². The van der Waals surface area contributed by atoms with Gasteiger partial charge in [-0.25, -0.2) is 4.39 Å². The number of piperidine rings is 1. The van der Waals surface area contributed by atoms with Gasteiger partial charge >= 0.3 is 6.01 Å². The van der Waals surface area contributed by atoms with E-state index in [-0.39, 0.29) is 24.2 Å². The predicted octanol–water partition coefficient (Wildman–Crippen LogP) is 3.41. The lowest BCUT2D eigenvalue weighted by Crippen LogP contribution is -2.40. The highest BCUT2D eigenvalue weighted by Gasteiger charge is 2.27. The summed E-state index contributed by atoms with van der Waals surface area (Å²) in [5.74, 6) is 0.0431. The fraction of sp³-hybridized carbons (Fsp3) is 0.286. The zero-order valence-electron chi connectivity index (χ0n) is 15.3. The number of halogens is 1. The van der Waals surface area contributed by atoms with E-state index < -0.39 is 0 Å². The Morgan fingerprint density at radius 2 is 1.79 bits per heavy atom. The first kappa shape index (κ1) is 18.2. The third kappa shape index (κ3) is 4.03. The summed E-state index contributed by atoms with van der Waals surface area (Å²) in [7, 11) is 0. The first-order valence-electron chi connectivity index (χ1n) is 9.35. The normalized spacial score (nSPS) is 14.8. The van der Waals surface area contributed by atoms with Gasteiger partial charge in [0.2, 0.25) is 11.8 Å². The van der Waals surface area contributed by atoms with E-state index in [0.29, 0.717) is 43.4 Å². The van der Waals surface area contributed by atoms with Crippen LogP contribution in [-0.2, 0) is 11.3 Å². The topological polar surface area (TPSA) is 71.3 Å². The van der Waals surface area contributed by atoms with Crippen LogP contribution in [0.2, 0.25) is 0 Å². The van der Waals surface area contributed by atoms with Gasteiger partial charge in [-0.05, 0) is 31.0 Å². The molecule has 1 aliphatic rings. The number of nitrogens with zero attached hydrogens (tertiary/aromatic N) is 3. The number of amides is 1. The van der Waals surface area contributed by atoms with E-state index in [4.69, 9.17) is 4.42 Å². The molecule has 0 atom stereocenters. The molecule has 28 heavy (non-hydrogen) atoms. The quantitative estimate of drug-likeness (QED) is 0.734. The molecule has 0 unspecified atom stereocenters. The highest BCUT2D eigenvalue weighted by atomic mass is 19.1. The highest BCUT2D eigenvalue weighted by Crippen LogP contribution is 2.26.